The number of carbonyl (C=O) groups is 2. The third-order valence-electron chi connectivity index (χ3n) is 5.39. The highest BCUT2D eigenvalue weighted by atomic mass is 35.5. The number of nitrogens with zero attached hydrogens (tertiary/aromatic N) is 3. The monoisotopic (exact) mass is 515 g/mol. The molecule has 35 heavy (non-hydrogen) atoms. The molecule has 0 saturated heterocycles. The number of furan rings is 1. The Kier molecular flexibility index (Phi) is 7.06. The van der Waals surface area contributed by atoms with Gasteiger partial charge < -0.3 is 9.15 Å². The lowest BCUT2D eigenvalue weighted by atomic mass is 10.0. The summed E-state index contributed by atoms with van der Waals surface area (Å²) in [5.74, 6) is -0.843. The van der Waals surface area contributed by atoms with Crippen LogP contribution < -0.4 is 0 Å². The molecular formula is C24H22ClN3O6S. The summed E-state index contributed by atoms with van der Waals surface area (Å²) in [6.07, 6.45) is 1.91. The van der Waals surface area contributed by atoms with Crippen molar-refractivity contribution in [3.63, 3.8) is 0 Å². The van der Waals surface area contributed by atoms with Gasteiger partial charge >= 0.3 is 5.97 Å². The molecule has 11 heteroatoms. The number of hydrazone groups is 1. The van der Waals surface area contributed by atoms with E-state index in [4.69, 9.17) is 20.8 Å². The third kappa shape index (κ3) is 5.29. The fourth-order valence-corrected chi connectivity index (χ4v) is 4.60. The molecule has 182 valence electrons. The normalized spacial score (nSPS) is 15.8. The van der Waals surface area contributed by atoms with Gasteiger partial charge in [-0.25, -0.2) is 22.5 Å². The number of hydrogen-bond donors (Lipinski definition) is 0. The van der Waals surface area contributed by atoms with Gasteiger partial charge in [-0.15, -0.1) is 0 Å². The van der Waals surface area contributed by atoms with Gasteiger partial charge in [-0.05, 0) is 48.0 Å². The Hall–Kier alpha value is -3.47. The minimum atomic E-state index is -3.73. The summed E-state index contributed by atoms with van der Waals surface area (Å²) in [5.41, 5.74) is 1.47. The second kappa shape index (κ2) is 10.0. The van der Waals surface area contributed by atoms with Crippen LogP contribution in [-0.2, 0) is 19.6 Å². The lowest BCUT2D eigenvalue weighted by molar-refractivity contribution is -0.136. The molecule has 2 aromatic carbocycles. The zero-order chi connectivity index (χ0) is 25.2. The van der Waals surface area contributed by atoms with Crippen LogP contribution in [0.2, 0.25) is 5.02 Å². The third-order valence-corrected chi connectivity index (χ3v) is 7.45. The maximum absolute atomic E-state index is 13.0. The Balaban J connectivity index is 1.50. The van der Waals surface area contributed by atoms with Gasteiger partial charge in [0.1, 0.15) is 11.8 Å². The van der Waals surface area contributed by atoms with Crippen LogP contribution in [0.15, 0.2) is 81.3 Å². The highest BCUT2D eigenvalue weighted by Gasteiger charge is 2.35. The smallest absolute Gasteiger partial charge is 0.338 e. The van der Waals surface area contributed by atoms with Gasteiger partial charge in [-0.3, -0.25) is 4.79 Å². The molecule has 2 heterocycles. The van der Waals surface area contributed by atoms with Crippen LogP contribution in [0.3, 0.4) is 0 Å². The fourth-order valence-electron chi connectivity index (χ4n) is 3.53. The van der Waals surface area contributed by atoms with Crippen LogP contribution >= 0.6 is 11.6 Å². The van der Waals surface area contributed by atoms with Crippen molar-refractivity contribution >= 4 is 39.2 Å². The number of rotatable bonds is 7. The largest absolute Gasteiger partial charge is 0.467 e. The summed E-state index contributed by atoms with van der Waals surface area (Å²) in [6.45, 7) is -0.585. The molecule has 3 aromatic rings. The molecule has 1 aromatic heterocycles. The number of halogens is 1. The van der Waals surface area contributed by atoms with E-state index < -0.39 is 34.5 Å². The van der Waals surface area contributed by atoms with Crippen molar-refractivity contribution in [2.75, 3.05) is 20.7 Å². The van der Waals surface area contributed by atoms with E-state index in [0.29, 0.717) is 22.9 Å². The molecule has 0 aliphatic carbocycles. The van der Waals surface area contributed by atoms with Crippen LogP contribution in [0.5, 0.6) is 0 Å². The van der Waals surface area contributed by atoms with Crippen LogP contribution in [0.25, 0.3) is 0 Å². The Morgan fingerprint density at radius 1 is 1.14 bits per heavy atom. The Labute approximate surface area is 207 Å². The zero-order valence-electron chi connectivity index (χ0n) is 18.9. The lowest BCUT2D eigenvalue weighted by Gasteiger charge is -2.19. The summed E-state index contributed by atoms with van der Waals surface area (Å²) >= 11 is 5.98. The minimum Gasteiger partial charge on any atom is -0.467 e. The maximum atomic E-state index is 13.0. The van der Waals surface area contributed by atoms with E-state index in [2.05, 4.69) is 5.10 Å². The number of ether oxygens (including phenoxy) is 1. The molecule has 0 N–H and O–H groups in total. The summed E-state index contributed by atoms with van der Waals surface area (Å²) in [5, 5.41) is 6.28. The second-order valence-electron chi connectivity index (χ2n) is 7.92. The number of esters is 1. The topological polar surface area (TPSA) is 109 Å². The Morgan fingerprint density at radius 3 is 2.54 bits per heavy atom. The van der Waals surface area contributed by atoms with E-state index in [0.717, 1.165) is 9.87 Å². The zero-order valence-corrected chi connectivity index (χ0v) is 20.5. The van der Waals surface area contributed by atoms with E-state index in [-0.39, 0.29) is 10.5 Å². The average Bonchev–Trinajstić information content (AvgIpc) is 3.53. The summed E-state index contributed by atoms with van der Waals surface area (Å²) in [6, 6.07) is 15.5. The number of hydrogen-bond acceptors (Lipinski definition) is 7. The predicted molar refractivity (Wildman–Crippen MR) is 128 cm³/mol. The molecule has 0 unspecified atom stereocenters. The Morgan fingerprint density at radius 2 is 1.89 bits per heavy atom. The summed E-state index contributed by atoms with van der Waals surface area (Å²) < 4.78 is 36.4. The van der Waals surface area contributed by atoms with Crippen LogP contribution in [0, 0.1) is 0 Å². The van der Waals surface area contributed by atoms with Crippen molar-refractivity contribution < 1.29 is 27.2 Å². The van der Waals surface area contributed by atoms with Crippen molar-refractivity contribution in [2.24, 2.45) is 5.10 Å². The highest BCUT2D eigenvalue weighted by Crippen LogP contribution is 2.33. The number of sulfonamides is 1. The van der Waals surface area contributed by atoms with Crippen molar-refractivity contribution in [3.05, 3.63) is 88.8 Å². The van der Waals surface area contributed by atoms with E-state index in [1.807, 2.05) is 12.1 Å². The van der Waals surface area contributed by atoms with Gasteiger partial charge in [0.05, 0.1) is 22.4 Å². The van der Waals surface area contributed by atoms with Crippen LogP contribution in [0.4, 0.5) is 0 Å². The van der Waals surface area contributed by atoms with E-state index in [1.165, 1.54) is 49.6 Å². The average molecular weight is 516 g/mol. The molecule has 0 spiro atoms. The summed E-state index contributed by atoms with van der Waals surface area (Å²) in [7, 11) is -0.947. The molecule has 1 amide bonds. The molecule has 1 atom stereocenters. The molecular weight excluding hydrogens is 494 g/mol. The van der Waals surface area contributed by atoms with Crippen molar-refractivity contribution in [2.45, 2.75) is 17.4 Å². The van der Waals surface area contributed by atoms with Gasteiger partial charge in [0.15, 0.2) is 6.61 Å². The maximum Gasteiger partial charge on any atom is 0.338 e. The molecule has 9 nitrogen and oxygen atoms in total. The van der Waals surface area contributed by atoms with Crippen molar-refractivity contribution in [1.82, 2.24) is 9.31 Å². The van der Waals surface area contributed by atoms with E-state index in [9.17, 15) is 18.0 Å². The molecule has 0 saturated carbocycles. The summed E-state index contributed by atoms with van der Waals surface area (Å²) in [4.78, 5) is 25.5. The molecule has 1 aliphatic rings. The molecule has 0 fully saturated rings. The quantitative estimate of drug-likeness (QED) is 0.444. The van der Waals surface area contributed by atoms with Gasteiger partial charge in [0, 0.05) is 25.5 Å². The van der Waals surface area contributed by atoms with Gasteiger partial charge in [-0.2, -0.15) is 5.10 Å². The predicted octanol–water partition coefficient (Wildman–Crippen LogP) is 3.72. The fraction of sp³-hybridized carbons (Fsp3) is 0.208. The van der Waals surface area contributed by atoms with Crippen LogP contribution in [-0.4, -0.2) is 56.0 Å². The van der Waals surface area contributed by atoms with Crippen LogP contribution in [0.1, 0.15) is 34.1 Å². The second-order valence-corrected chi connectivity index (χ2v) is 10.5. The number of benzene rings is 2. The standard InChI is InChI=1S/C24H22ClN3O6S/c1-27(2)35(31,32)19-6-3-5-17(13-19)24(30)34-15-23(29)28-21(22-7-4-12-33-22)14-20(26-28)16-8-10-18(25)11-9-16/h3-13,21H,14-15H2,1-2H3/t21-/m0/s1. The molecule has 0 bridgehead atoms. The SMILES string of the molecule is CN(C)S(=O)(=O)c1cccc(C(=O)OCC(=O)N2N=C(c3ccc(Cl)cc3)C[C@H]2c2ccco2)c1. The number of amides is 1. The minimum absolute atomic E-state index is 0.00934. The lowest BCUT2D eigenvalue weighted by Crippen LogP contribution is -2.31. The molecule has 4 rings (SSSR count). The van der Waals surface area contributed by atoms with Crippen molar-refractivity contribution in [3.8, 4) is 0 Å². The Bertz CT molecular complexity index is 1370. The van der Waals surface area contributed by atoms with E-state index in [1.54, 1.807) is 24.3 Å². The first-order valence-electron chi connectivity index (χ1n) is 10.6. The van der Waals surface area contributed by atoms with Gasteiger partial charge in [-0.1, -0.05) is 29.8 Å². The molecule has 0 radical (unpaired) electrons. The van der Waals surface area contributed by atoms with Gasteiger partial charge in [0.25, 0.3) is 5.91 Å². The van der Waals surface area contributed by atoms with Gasteiger partial charge in [0.2, 0.25) is 10.0 Å². The van der Waals surface area contributed by atoms with E-state index >= 15 is 0 Å². The highest BCUT2D eigenvalue weighted by molar-refractivity contribution is 7.89. The first-order chi connectivity index (χ1) is 16.7. The molecule has 1 aliphatic heterocycles. The van der Waals surface area contributed by atoms with Crippen molar-refractivity contribution in [1.29, 1.82) is 0 Å². The first-order valence-corrected chi connectivity index (χ1v) is 12.4. The first kappa shape index (κ1) is 24.6. The number of carbonyl (C=O) groups excluding carboxylic acids is 2.